The van der Waals surface area contributed by atoms with E-state index in [2.05, 4.69) is 5.32 Å². The number of nitrogens with one attached hydrogen (secondary N) is 1. The number of aliphatic carboxylic acids is 1. The Morgan fingerprint density at radius 2 is 1.72 bits per heavy atom. The largest absolute Gasteiger partial charge is 0.480 e. The Bertz CT molecular complexity index is 385. The Balaban J connectivity index is 0.00000137. The molecule has 4 nitrogen and oxygen atoms in total. The molecule has 1 rings (SSSR count). The Kier molecular flexibility index (Phi) is 7.63. The first-order valence-corrected chi connectivity index (χ1v) is 6.04. The molecule has 0 bridgehead atoms. The Morgan fingerprint density at radius 1 is 1.22 bits per heavy atom. The number of carboxylic acids is 1. The van der Waals surface area contributed by atoms with Gasteiger partial charge in [0.2, 0.25) is 0 Å². The number of rotatable bonds is 5. The van der Waals surface area contributed by atoms with Crippen molar-refractivity contribution in [3.05, 3.63) is 35.4 Å². The maximum absolute atomic E-state index is 11.0. The number of hydrogen-bond donors (Lipinski definition) is 2. The lowest BCUT2D eigenvalue weighted by Crippen LogP contribution is -2.35. The van der Waals surface area contributed by atoms with Crippen LogP contribution in [0.5, 0.6) is 0 Å². The summed E-state index contributed by atoms with van der Waals surface area (Å²) in [5, 5.41) is 11.6. The van der Waals surface area contributed by atoms with Crippen LogP contribution in [0, 0.1) is 0 Å². The summed E-state index contributed by atoms with van der Waals surface area (Å²) in [6, 6.07) is 6.40. The zero-order valence-corrected chi connectivity index (χ0v) is 11.4. The summed E-state index contributed by atoms with van der Waals surface area (Å²) in [6.07, 6.45) is 0.407. The second-order valence-corrected chi connectivity index (χ2v) is 3.64. The van der Waals surface area contributed by atoms with E-state index in [1.165, 1.54) is 6.92 Å². The van der Waals surface area contributed by atoms with Crippen LogP contribution in [-0.2, 0) is 11.2 Å². The van der Waals surface area contributed by atoms with Gasteiger partial charge >= 0.3 is 5.97 Å². The molecule has 4 heteroatoms. The average molecular weight is 251 g/mol. The number of carbonyl (C=O) groups excluding carboxylic acids is 1. The molecule has 2 N–H and O–H groups in total. The maximum atomic E-state index is 11.0. The molecular formula is C14H21NO3. The molecule has 1 unspecified atom stereocenters. The molecule has 0 saturated heterocycles. The fourth-order valence-electron chi connectivity index (χ4n) is 1.42. The van der Waals surface area contributed by atoms with Crippen LogP contribution in [0.2, 0.25) is 0 Å². The van der Waals surface area contributed by atoms with Gasteiger partial charge in [0.05, 0.1) is 0 Å². The minimum absolute atomic E-state index is 0.00921. The lowest BCUT2D eigenvalue weighted by molar-refractivity contribution is -0.139. The lowest BCUT2D eigenvalue weighted by atomic mass is 10.0. The summed E-state index contributed by atoms with van der Waals surface area (Å²) in [7, 11) is 1.61. The summed E-state index contributed by atoms with van der Waals surface area (Å²) >= 11 is 0. The Morgan fingerprint density at radius 3 is 2.06 bits per heavy atom. The molecule has 0 aromatic heterocycles. The van der Waals surface area contributed by atoms with Crippen molar-refractivity contribution in [3.63, 3.8) is 0 Å². The van der Waals surface area contributed by atoms with Crippen molar-refractivity contribution in [3.8, 4) is 0 Å². The fraction of sp³-hybridized carbons (Fsp3) is 0.429. The van der Waals surface area contributed by atoms with Crippen LogP contribution in [0.25, 0.3) is 0 Å². The van der Waals surface area contributed by atoms with Gasteiger partial charge in [0.15, 0.2) is 5.78 Å². The van der Waals surface area contributed by atoms with Gasteiger partial charge in [0, 0.05) is 5.56 Å². The highest BCUT2D eigenvalue weighted by molar-refractivity contribution is 5.94. The van der Waals surface area contributed by atoms with Gasteiger partial charge in [-0.25, -0.2) is 0 Å². The van der Waals surface area contributed by atoms with Gasteiger partial charge < -0.3 is 10.4 Å². The Labute approximate surface area is 108 Å². The average Bonchev–Trinajstić information content (AvgIpc) is 2.38. The van der Waals surface area contributed by atoms with Crippen LogP contribution in [0.15, 0.2) is 24.3 Å². The quantitative estimate of drug-likeness (QED) is 0.787. The highest BCUT2D eigenvalue weighted by atomic mass is 16.4. The van der Waals surface area contributed by atoms with Gasteiger partial charge in [0.25, 0.3) is 0 Å². The fourth-order valence-corrected chi connectivity index (χ4v) is 1.42. The van der Waals surface area contributed by atoms with Gasteiger partial charge in [-0.15, -0.1) is 0 Å². The van der Waals surface area contributed by atoms with Crippen molar-refractivity contribution < 1.29 is 14.7 Å². The molecule has 0 heterocycles. The summed E-state index contributed by atoms with van der Waals surface area (Å²) in [6.45, 7) is 5.50. The third-order valence-electron chi connectivity index (χ3n) is 2.45. The Hall–Kier alpha value is -1.68. The number of likely N-dealkylation sites (N-methyl/N-ethyl adjacent to an activating group) is 1. The van der Waals surface area contributed by atoms with Crippen molar-refractivity contribution in [2.45, 2.75) is 33.2 Å². The molecule has 1 aromatic rings. The van der Waals surface area contributed by atoms with Crippen molar-refractivity contribution in [2.24, 2.45) is 0 Å². The highest BCUT2D eigenvalue weighted by Gasteiger charge is 2.15. The van der Waals surface area contributed by atoms with Gasteiger partial charge in [-0.1, -0.05) is 38.1 Å². The number of Topliss-reactive ketones (excluding diaryl/α,β-unsaturated/α-hetero) is 1. The molecular weight excluding hydrogens is 230 g/mol. The van der Waals surface area contributed by atoms with Crippen LogP contribution in [0.1, 0.15) is 36.7 Å². The molecule has 0 radical (unpaired) electrons. The van der Waals surface area contributed by atoms with E-state index in [4.69, 9.17) is 5.11 Å². The van der Waals surface area contributed by atoms with Gasteiger partial charge in [-0.3, -0.25) is 9.59 Å². The number of carbonyl (C=O) groups is 2. The highest BCUT2D eigenvalue weighted by Crippen LogP contribution is 2.07. The van der Waals surface area contributed by atoms with E-state index in [9.17, 15) is 9.59 Å². The van der Waals surface area contributed by atoms with E-state index < -0.39 is 12.0 Å². The monoisotopic (exact) mass is 251 g/mol. The topological polar surface area (TPSA) is 66.4 Å². The van der Waals surface area contributed by atoms with Crippen LogP contribution >= 0.6 is 0 Å². The smallest absolute Gasteiger partial charge is 0.321 e. The van der Waals surface area contributed by atoms with Crippen molar-refractivity contribution >= 4 is 11.8 Å². The zero-order valence-electron chi connectivity index (χ0n) is 11.4. The molecule has 100 valence electrons. The predicted octanol–water partition coefficient (Wildman–Crippen LogP) is 2.13. The first-order chi connectivity index (χ1) is 8.54. The van der Waals surface area contributed by atoms with Crippen LogP contribution in [-0.4, -0.2) is 29.9 Å². The molecule has 0 saturated carbocycles. The first-order valence-electron chi connectivity index (χ1n) is 6.04. The normalized spacial score (nSPS) is 11.1. The first kappa shape index (κ1) is 16.3. The van der Waals surface area contributed by atoms with E-state index in [1.807, 2.05) is 13.8 Å². The maximum Gasteiger partial charge on any atom is 0.321 e. The molecule has 0 amide bonds. The standard InChI is InChI=1S/C12H15NO3.C2H6/c1-8(14)10-5-3-9(4-6-10)7-11(13-2)12(15)16;1-2/h3-6,11,13H,7H2,1-2H3,(H,15,16);1-2H3. The van der Waals surface area contributed by atoms with Crippen LogP contribution in [0.4, 0.5) is 0 Å². The van der Waals surface area contributed by atoms with E-state index in [0.29, 0.717) is 12.0 Å². The third kappa shape index (κ3) is 5.10. The van der Waals surface area contributed by atoms with Crippen LogP contribution < -0.4 is 5.32 Å². The SMILES string of the molecule is CC.CNC(Cc1ccc(C(C)=O)cc1)C(=O)O. The second-order valence-electron chi connectivity index (χ2n) is 3.64. The molecule has 0 aliphatic heterocycles. The van der Waals surface area contributed by atoms with E-state index in [0.717, 1.165) is 5.56 Å². The number of ketones is 1. The molecule has 1 aromatic carbocycles. The summed E-state index contributed by atoms with van der Waals surface area (Å²) in [4.78, 5) is 21.8. The lowest BCUT2D eigenvalue weighted by Gasteiger charge is -2.10. The molecule has 0 aliphatic rings. The third-order valence-corrected chi connectivity index (χ3v) is 2.45. The van der Waals surface area contributed by atoms with Crippen molar-refractivity contribution in [2.75, 3.05) is 7.05 Å². The molecule has 0 fully saturated rings. The molecule has 0 spiro atoms. The summed E-state index contributed by atoms with van der Waals surface area (Å²) in [5.41, 5.74) is 1.53. The number of carboxylic acid groups (broad SMARTS) is 1. The van der Waals surface area contributed by atoms with Gasteiger partial charge in [-0.05, 0) is 26.0 Å². The van der Waals surface area contributed by atoms with Gasteiger partial charge in [0.1, 0.15) is 6.04 Å². The van der Waals surface area contributed by atoms with E-state index in [-0.39, 0.29) is 5.78 Å². The summed E-state index contributed by atoms with van der Waals surface area (Å²) < 4.78 is 0. The minimum Gasteiger partial charge on any atom is -0.480 e. The van der Waals surface area contributed by atoms with Crippen molar-refractivity contribution in [1.82, 2.24) is 5.32 Å². The predicted molar refractivity (Wildman–Crippen MR) is 72.0 cm³/mol. The molecule has 0 aliphatic carbocycles. The van der Waals surface area contributed by atoms with E-state index in [1.54, 1.807) is 31.3 Å². The summed E-state index contributed by atoms with van der Waals surface area (Å²) in [5.74, 6) is -0.868. The zero-order chi connectivity index (χ0) is 14.1. The molecule has 1 atom stereocenters. The van der Waals surface area contributed by atoms with Crippen LogP contribution in [0.3, 0.4) is 0 Å². The second kappa shape index (κ2) is 8.42. The molecule has 18 heavy (non-hydrogen) atoms. The number of hydrogen-bond acceptors (Lipinski definition) is 3. The van der Waals surface area contributed by atoms with Crippen molar-refractivity contribution in [1.29, 1.82) is 0 Å². The van der Waals surface area contributed by atoms with Gasteiger partial charge in [-0.2, -0.15) is 0 Å². The minimum atomic E-state index is -0.877. The van der Waals surface area contributed by atoms with E-state index >= 15 is 0 Å². The number of benzene rings is 1.